The summed E-state index contributed by atoms with van der Waals surface area (Å²) in [6.07, 6.45) is 4.02. The number of nitro groups is 1. The average Bonchev–Trinajstić information content (AvgIpc) is 2.97. The summed E-state index contributed by atoms with van der Waals surface area (Å²) >= 11 is 0. The zero-order chi connectivity index (χ0) is 10.8. The van der Waals surface area contributed by atoms with E-state index < -0.39 is 0 Å². The Morgan fingerprint density at radius 1 is 1.67 bits per heavy atom. The maximum atomic E-state index is 10.8. The molecule has 0 aromatic carbocycles. The monoisotopic (exact) mass is 207 g/mol. The SMILES string of the molecule is Cc1ccnc(NCC2CC2)c1[N+](=O)[O-]. The number of pyridine rings is 1. The van der Waals surface area contributed by atoms with E-state index in [-0.39, 0.29) is 10.6 Å². The second-order valence-corrected chi connectivity index (χ2v) is 3.91. The molecule has 1 heterocycles. The first-order valence-electron chi connectivity index (χ1n) is 5.02. The molecule has 0 atom stereocenters. The minimum Gasteiger partial charge on any atom is -0.364 e. The predicted octanol–water partition coefficient (Wildman–Crippen LogP) is 2.12. The van der Waals surface area contributed by atoms with Crippen molar-refractivity contribution in [1.82, 2.24) is 4.98 Å². The number of rotatable bonds is 4. The first-order chi connectivity index (χ1) is 7.18. The van der Waals surface area contributed by atoms with Crippen molar-refractivity contribution in [3.63, 3.8) is 0 Å². The average molecular weight is 207 g/mol. The van der Waals surface area contributed by atoms with Crippen molar-refractivity contribution in [2.75, 3.05) is 11.9 Å². The van der Waals surface area contributed by atoms with Gasteiger partial charge in [-0.3, -0.25) is 10.1 Å². The number of hydrogen-bond donors (Lipinski definition) is 1. The van der Waals surface area contributed by atoms with Crippen LogP contribution in [-0.4, -0.2) is 16.5 Å². The van der Waals surface area contributed by atoms with Gasteiger partial charge in [-0.25, -0.2) is 4.98 Å². The molecule has 80 valence electrons. The molecule has 0 saturated heterocycles. The summed E-state index contributed by atoms with van der Waals surface area (Å²) in [6, 6.07) is 1.65. The van der Waals surface area contributed by atoms with Crippen molar-refractivity contribution in [2.45, 2.75) is 19.8 Å². The molecule has 1 aromatic rings. The van der Waals surface area contributed by atoms with E-state index in [1.165, 1.54) is 12.8 Å². The maximum Gasteiger partial charge on any atom is 0.314 e. The summed E-state index contributed by atoms with van der Waals surface area (Å²) in [6.45, 7) is 2.51. The van der Waals surface area contributed by atoms with Crippen LogP contribution in [-0.2, 0) is 0 Å². The molecule has 5 heteroatoms. The Balaban J connectivity index is 2.19. The molecule has 1 N–H and O–H groups in total. The van der Waals surface area contributed by atoms with E-state index in [1.807, 2.05) is 0 Å². The van der Waals surface area contributed by atoms with Crippen molar-refractivity contribution < 1.29 is 4.92 Å². The van der Waals surface area contributed by atoms with Crippen molar-refractivity contribution in [3.8, 4) is 0 Å². The zero-order valence-corrected chi connectivity index (χ0v) is 8.56. The van der Waals surface area contributed by atoms with Gasteiger partial charge in [-0.2, -0.15) is 0 Å². The van der Waals surface area contributed by atoms with E-state index in [0.717, 1.165) is 6.54 Å². The molecule has 1 aromatic heterocycles. The van der Waals surface area contributed by atoms with Gasteiger partial charge in [0.1, 0.15) is 0 Å². The van der Waals surface area contributed by atoms with Crippen LogP contribution >= 0.6 is 0 Å². The van der Waals surface area contributed by atoms with Crippen LogP contribution in [0.2, 0.25) is 0 Å². The molecule has 1 fully saturated rings. The van der Waals surface area contributed by atoms with Crippen molar-refractivity contribution in [3.05, 3.63) is 27.9 Å². The largest absolute Gasteiger partial charge is 0.364 e. The van der Waals surface area contributed by atoms with Crippen LogP contribution in [0.5, 0.6) is 0 Å². The van der Waals surface area contributed by atoms with Crippen LogP contribution in [0.25, 0.3) is 0 Å². The zero-order valence-electron chi connectivity index (χ0n) is 8.56. The van der Waals surface area contributed by atoms with Crippen molar-refractivity contribution in [2.24, 2.45) is 5.92 Å². The Hall–Kier alpha value is -1.65. The Morgan fingerprint density at radius 3 is 3.00 bits per heavy atom. The molecule has 0 radical (unpaired) electrons. The van der Waals surface area contributed by atoms with Gasteiger partial charge in [-0.1, -0.05) is 0 Å². The molecule has 0 bridgehead atoms. The summed E-state index contributed by atoms with van der Waals surface area (Å²) in [7, 11) is 0. The van der Waals surface area contributed by atoms with Gasteiger partial charge in [-0.15, -0.1) is 0 Å². The van der Waals surface area contributed by atoms with Gasteiger partial charge in [0.15, 0.2) is 0 Å². The van der Waals surface area contributed by atoms with Gasteiger partial charge in [0.05, 0.1) is 4.92 Å². The van der Waals surface area contributed by atoms with Crippen LogP contribution in [0.15, 0.2) is 12.3 Å². The van der Waals surface area contributed by atoms with Crippen LogP contribution in [0, 0.1) is 23.0 Å². The molecule has 1 aliphatic rings. The summed E-state index contributed by atoms with van der Waals surface area (Å²) in [5, 5.41) is 13.9. The number of nitrogens with one attached hydrogen (secondary N) is 1. The second kappa shape index (κ2) is 3.84. The number of nitrogens with zero attached hydrogens (tertiary/aromatic N) is 2. The first kappa shape index (κ1) is 9.89. The third-order valence-electron chi connectivity index (χ3n) is 2.56. The third-order valence-corrected chi connectivity index (χ3v) is 2.56. The normalized spacial score (nSPS) is 15.0. The number of aryl methyl sites for hydroxylation is 1. The lowest BCUT2D eigenvalue weighted by molar-refractivity contribution is -0.384. The minimum atomic E-state index is -0.377. The first-order valence-corrected chi connectivity index (χ1v) is 5.02. The van der Waals surface area contributed by atoms with Crippen LogP contribution in [0.1, 0.15) is 18.4 Å². The quantitative estimate of drug-likeness (QED) is 0.606. The highest BCUT2D eigenvalue weighted by Crippen LogP contribution is 2.31. The van der Waals surface area contributed by atoms with Crippen LogP contribution in [0.4, 0.5) is 11.5 Å². The molecule has 2 rings (SSSR count). The van der Waals surface area contributed by atoms with E-state index in [0.29, 0.717) is 17.3 Å². The summed E-state index contributed by atoms with van der Waals surface area (Å²) in [4.78, 5) is 14.5. The lowest BCUT2D eigenvalue weighted by Gasteiger charge is -2.06. The third kappa shape index (κ3) is 2.23. The van der Waals surface area contributed by atoms with Gasteiger partial charge >= 0.3 is 5.69 Å². The smallest absolute Gasteiger partial charge is 0.314 e. The van der Waals surface area contributed by atoms with Gasteiger partial charge in [0, 0.05) is 18.3 Å². The number of anilines is 1. The lowest BCUT2D eigenvalue weighted by atomic mass is 10.2. The molecule has 0 unspecified atom stereocenters. The van der Waals surface area contributed by atoms with Gasteiger partial charge in [0.2, 0.25) is 5.82 Å². The minimum absolute atomic E-state index is 0.0955. The molecule has 0 spiro atoms. The van der Waals surface area contributed by atoms with Gasteiger partial charge < -0.3 is 5.32 Å². The summed E-state index contributed by atoms with van der Waals surface area (Å²) in [5.74, 6) is 1.07. The van der Waals surface area contributed by atoms with E-state index in [4.69, 9.17) is 0 Å². The molecule has 15 heavy (non-hydrogen) atoms. The van der Waals surface area contributed by atoms with Crippen molar-refractivity contribution >= 4 is 11.5 Å². The van der Waals surface area contributed by atoms with E-state index >= 15 is 0 Å². The highest BCUT2D eigenvalue weighted by atomic mass is 16.6. The Bertz CT molecular complexity index is 388. The molecular formula is C10H13N3O2. The molecular weight excluding hydrogens is 194 g/mol. The van der Waals surface area contributed by atoms with E-state index in [1.54, 1.807) is 19.2 Å². The topological polar surface area (TPSA) is 68.1 Å². The van der Waals surface area contributed by atoms with E-state index in [9.17, 15) is 10.1 Å². The lowest BCUT2D eigenvalue weighted by Crippen LogP contribution is -2.08. The molecule has 0 amide bonds. The number of aromatic nitrogens is 1. The van der Waals surface area contributed by atoms with Crippen LogP contribution in [0.3, 0.4) is 0 Å². The fourth-order valence-corrected chi connectivity index (χ4v) is 1.47. The number of hydrogen-bond acceptors (Lipinski definition) is 4. The summed E-state index contributed by atoms with van der Waals surface area (Å²) in [5.41, 5.74) is 0.742. The fraction of sp³-hybridized carbons (Fsp3) is 0.500. The molecule has 5 nitrogen and oxygen atoms in total. The standard InChI is InChI=1S/C10H13N3O2/c1-7-4-5-11-10(9(7)13(14)15)12-6-8-2-3-8/h4-5,8H,2-3,6H2,1H3,(H,11,12). The predicted molar refractivity (Wildman–Crippen MR) is 56.8 cm³/mol. The van der Waals surface area contributed by atoms with Crippen molar-refractivity contribution in [1.29, 1.82) is 0 Å². The Kier molecular flexibility index (Phi) is 2.53. The highest BCUT2D eigenvalue weighted by Gasteiger charge is 2.23. The Labute approximate surface area is 87.7 Å². The summed E-state index contributed by atoms with van der Waals surface area (Å²) < 4.78 is 0. The molecule has 1 aliphatic carbocycles. The Morgan fingerprint density at radius 2 is 2.40 bits per heavy atom. The van der Waals surface area contributed by atoms with Gasteiger partial charge in [0.25, 0.3) is 0 Å². The second-order valence-electron chi connectivity index (χ2n) is 3.91. The van der Waals surface area contributed by atoms with E-state index in [2.05, 4.69) is 10.3 Å². The molecule has 0 aliphatic heterocycles. The molecule has 1 saturated carbocycles. The maximum absolute atomic E-state index is 10.8. The van der Waals surface area contributed by atoms with Gasteiger partial charge in [-0.05, 0) is 31.7 Å². The van der Waals surface area contributed by atoms with Crippen LogP contribution < -0.4 is 5.32 Å². The highest BCUT2D eigenvalue weighted by molar-refractivity contribution is 5.59. The fourth-order valence-electron chi connectivity index (χ4n) is 1.47.